The molecule has 2 heterocycles. The number of carbonyl (C=O) groups is 2. The minimum absolute atomic E-state index is 0.00632. The molecule has 0 radical (unpaired) electrons. The maximum absolute atomic E-state index is 12.0. The van der Waals surface area contributed by atoms with Gasteiger partial charge in [-0.05, 0) is 0 Å². The van der Waals surface area contributed by atoms with Gasteiger partial charge in [0.1, 0.15) is 11.7 Å². The zero-order chi connectivity index (χ0) is 12.4. The first kappa shape index (κ1) is 11.5. The van der Waals surface area contributed by atoms with E-state index in [1.807, 2.05) is 0 Å². The SMILES string of the molecule is O=C(O)[C@@H]1C[C@H](O)CN1C(=O)c1cnccn1. The Hall–Kier alpha value is -2.02. The third kappa shape index (κ3) is 2.23. The summed E-state index contributed by atoms with van der Waals surface area (Å²) in [5, 5.41) is 18.4. The van der Waals surface area contributed by atoms with Gasteiger partial charge in [-0.3, -0.25) is 9.78 Å². The van der Waals surface area contributed by atoms with Crippen LogP contribution in [0.3, 0.4) is 0 Å². The number of aliphatic hydroxyl groups is 1. The van der Waals surface area contributed by atoms with Crippen LogP contribution in [-0.2, 0) is 4.79 Å². The summed E-state index contributed by atoms with van der Waals surface area (Å²) in [6.07, 6.45) is 3.28. The van der Waals surface area contributed by atoms with E-state index in [0.717, 1.165) is 4.90 Å². The highest BCUT2D eigenvalue weighted by Gasteiger charge is 2.39. The molecule has 0 aromatic carbocycles. The van der Waals surface area contributed by atoms with Gasteiger partial charge in [-0.1, -0.05) is 0 Å². The van der Waals surface area contributed by atoms with Gasteiger partial charge >= 0.3 is 5.97 Å². The van der Waals surface area contributed by atoms with Gasteiger partial charge in [0, 0.05) is 25.4 Å². The van der Waals surface area contributed by atoms with Gasteiger partial charge in [0.2, 0.25) is 0 Å². The summed E-state index contributed by atoms with van der Waals surface area (Å²) in [6, 6.07) is -1.00. The van der Waals surface area contributed by atoms with Crippen molar-refractivity contribution in [1.82, 2.24) is 14.9 Å². The van der Waals surface area contributed by atoms with E-state index in [2.05, 4.69) is 9.97 Å². The number of hydrogen-bond acceptors (Lipinski definition) is 5. The number of aliphatic hydroxyl groups excluding tert-OH is 1. The molecule has 1 aliphatic heterocycles. The first-order chi connectivity index (χ1) is 8.09. The van der Waals surface area contributed by atoms with Crippen LogP contribution in [0.15, 0.2) is 18.6 Å². The summed E-state index contributed by atoms with van der Waals surface area (Å²) in [5.41, 5.74) is 0.0767. The number of hydrogen-bond donors (Lipinski definition) is 2. The lowest BCUT2D eigenvalue weighted by molar-refractivity contribution is -0.141. The van der Waals surface area contributed by atoms with E-state index >= 15 is 0 Å². The van der Waals surface area contributed by atoms with E-state index in [1.165, 1.54) is 18.6 Å². The molecule has 2 N–H and O–H groups in total. The summed E-state index contributed by atoms with van der Waals surface area (Å²) in [5.74, 6) is -1.65. The van der Waals surface area contributed by atoms with Crippen LogP contribution in [0.4, 0.5) is 0 Å². The average molecular weight is 237 g/mol. The van der Waals surface area contributed by atoms with Crippen molar-refractivity contribution in [2.45, 2.75) is 18.6 Å². The zero-order valence-corrected chi connectivity index (χ0v) is 8.85. The molecule has 0 spiro atoms. The molecule has 0 saturated carbocycles. The number of nitrogens with zero attached hydrogens (tertiary/aromatic N) is 3. The summed E-state index contributed by atoms with van der Waals surface area (Å²) in [4.78, 5) is 31.6. The van der Waals surface area contributed by atoms with Crippen LogP contribution < -0.4 is 0 Å². The topological polar surface area (TPSA) is 104 Å². The number of carboxylic acid groups (broad SMARTS) is 1. The maximum atomic E-state index is 12.0. The third-order valence-corrected chi connectivity index (χ3v) is 2.61. The number of carbonyl (C=O) groups excluding carboxylic acids is 1. The molecule has 90 valence electrons. The maximum Gasteiger partial charge on any atom is 0.326 e. The van der Waals surface area contributed by atoms with Gasteiger partial charge < -0.3 is 15.1 Å². The van der Waals surface area contributed by atoms with Crippen molar-refractivity contribution >= 4 is 11.9 Å². The van der Waals surface area contributed by atoms with Gasteiger partial charge in [-0.2, -0.15) is 0 Å². The molecule has 1 aliphatic rings. The van der Waals surface area contributed by atoms with Crippen LogP contribution in [0, 0.1) is 0 Å². The number of rotatable bonds is 2. The average Bonchev–Trinajstić information content (AvgIpc) is 2.72. The number of aromatic nitrogens is 2. The summed E-state index contributed by atoms with van der Waals surface area (Å²) >= 11 is 0. The molecule has 1 aromatic heterocycles. The fraction of sp³-hybridized carbons (Fsp3) is 0.400. The quantitative estimate of drug-likeness (QED) is 0.693. The molecule has 0 bridgehead atoms. The van der Waals surface area contributed by atoms with Crippen LogP contribution in [0.1, 0.15) is 16.9 Å². The number of β-amino-alcohol motifs (C(OH)–C–C–N with tert-alkyl or cyclic N) is 1. The predicted molar refractivity (Wildman–Crippen MR) is 55.1 cm³/mol. The molecule has 7 nitrogen and oxygen atoms in total. The molecule has 2 atom stereocenters. The van der Waals surface area contributed by atoms with E-state index in [-0.39, 0.29) is 18.7 Å². The summed E-state index contributed by atoms with van der Waals surface area (Å²) in [6.45, 7) is 0.00632. The van der Waals surface area contributed by atoms with E-state index in [9.17, 15) is 14.7 Å². The Balaban J connectivity index is 2.22. The second-order valence-electron chi connectivity index (χ2n) is 3.79. The van der Waals surface area contributed by atoms with Crippen LogP contribution in [0.5, 0.6) is 0 Å². The molecule has 7 heteroatoms. The van der Waals surface area contributed by atoms with Crippen molar-refractivity contribution in [1.29, 1.82) is 0 Å². The number of likely N-dealkylation sites (tertiary alicyclic amines) is 1. The molecular formula is C10H11N3O4. The van der Waals surface area contributed by atoms with Gasteiger partial charge in [-0.25, -0.2) is 9.78 Å². The highest BCUT2D eigenvalue weighted by Crippen LogP contribution is 2.19. The molecular weight excluding hydrogens is 226 g/mol. The second-order valence-corrected chi connectivity index (χ2v) is 3.79. The van der Waals surface area contributed by atoms with Crippen molar-refractivity contribution in [3.63, 3.8) is 0 Å². The Labute approximate surface area is 96.7 Å². The molecule has 1 amide bonds. The van der Waals surface area contributed by atoms with Crippen LogP contribution >= 0.6 is 0 Å². The smallest absolute Gasteiger partial charge is 0.326 e. The molecule has 2 rings (SSSR count). The number of carboxylic acids is 1. The Kier molecular flexibility index (Phi) is 3.01. The van der Waals surface area contributed by atoms with Gasteiger partial charge in [0.15, 0.2) is 0 Å². The van der Waals surface area contributed by atoms with Crippen molar-refractivity contribution < 1.29 is 19.8 Å². The predicted octanol–water partition coefficient (Wildman–Crippen LogP) is -0.863. The van der Waals surface area contributed by atoms with Crippen LogP contribution in [0.2, 0.25) is 0 Å². The Morgan fingerprint density at radius 1 is 1.41 bits per heavy atom. The fourth-order valence-corrected chi connectivity index (χ4v) is 1.83. The number of amides is 1. The molecule has 1 saturated heterocycles. The number of aliphatic carboxylic acids is 1. The third-order valence-electron chi connectivity index (χ3n) is 2.61. The molecule has 0 unspecified atom stereocenters. The Morgan fingerprint density at radius 3 is 2.76 bits per heavy atom. The standard InChI is InChI=1S/C10H11N3O4/c14-6-3-8(10(16)17)13(5-6)9(15)7-4-11-1-2-12-7/h1-2,4,6,8,14H,3,5H2,(H,16,17)/t6-,8-/m0/s1. The Morgan fingerprint density at radius 2 is 2.18 bits per heavy atom. The minimum Gasteiger partial charge on any atom is -0.480 e. The molecule has 17 heavy (non-hydrogen) atoms. The van der Waals surface area contributed by atoms with Crippen molar-refractivity contribution in [3.8, 4) is 0 Å². The second kappa shape index (κ2) is 4.46. The zero-order valence-electron chi connectivity index (χ0n) is 8.85. The Bertz CT molecular complexity index is 436. The van der Waals surface area contributed by atoms with E-state index in [4.69, 9.17) is 5.11 Å². The normalized spacial score (nSPS) is 23.7. The van der Waals surface area contributed by atoms with Crippen molar-refractivity contribution in [2.75, 3.05) is 6.54 Å². The molecule has 1 aromatic rings. The molecule has 0 aliphatic carbocycles. The summed E-state index contributed by atoms with van der Waals surface area (Å²) < 4.78 is 0. The lowest BCUT2D eigenvalue weighted by atomic mass is 10.2. The lowest BCUT2D eigenvalue weighted by Gasteiger charge is -2.20. The van der Waals surface area contributed by atoms with Crippen molar-refractivity contribution in [3.05, 3.63) is 24.3 Å². The van der Waals surface area contributed by atoms with E-state index in [1.54, 1.807) is 0 Å². The summed E-state index contributed by atoms with van der Waals surface area (Å²) in [7, 11) is 0. The minimum atomic E-state index is -1.13. The first-order valence-electron chi connectivity index (χ1n) is 5.07. The van der Waals surface area contributed by atoms with Crippen molar-refractivity contribution in [2.24, 2.45) is 0 Å². The molecule has 1 fully saturated rings. The van der Waals surface area contributed by atoms with Gasteiger partial charge in [-0.15, -0.1) is 0 Å². The van der Waals surface area contributed by atoms with E-state index < -0.39 is 24.0 Å². The van der Waals surface area contributed by atoms with E-state index in [0.29, 0.717) is 0 Å². The monoisotopic (exact) mass is 237 g/mol. The largest absolute Gasteiger partial charge is 0.480 e. The highest BCUT2D eigenvalue weighted by molar-refractivity contribution is 5.95. The van der Waals surface area contributed by atoms with Crippen LogP contribution in [0.25, 0.3) is 0 Å². The van der Waals surface area contributed by atoms with Gasteiger partial charge in [0.05, 0.1) is 12.3 Å². The lowest BCUT2D eigenvalue weighted by Crippen LogP contribution is -2.40. The van der Waals surface area contributed by atoms with Gasteiger partial charge in [0.25, 0.3) is 5.91 Å². The highest BCUT2D eigenvalue weighted by atomic mass is 16.4. The fourth-order valence-electron chi connectivity index (χ4n) is 1.83. The van der Waals surface area contributed by atoms with Crippen LogP contribution in [-0.4, -0.2) is 55.6 Å². The first-order valence-corrected chi connectivity index (χ1v) is 5.07.